The van der Waals surface area contributed by atoms with Gasteiger partial charge in [0.2, 0.25) is 0 Å². The Morgan fingerprint density at radius 1 is 1.04 bits per heavy atom. The molecule has 2 nitrogen and oxygen atoms in total. The van der Waals surface area contributed by atoms with E-state index in [1.165, 1.54) is 34.0 Å². The first-order valence-electron chi connectivity index (χ1n) is 8.46. The molecule has 120 valence electrons. The van der Waals surface area contributed by atoms with Gasteiger partial charge in [-0.3, -0.25) is 4.57 Å². The summed E-state index contributed by atoms with van der Waals surface area (Å²) in [5, 5.41) is 0. The summed E-state index contributed by atoms with van der Waals surface area (Å²) in [5.41, 5.74) is 6.70. The topological polar surface area (TPSA) is 7.76 Å². The van der Waals surface area contributed by atoms with Crippen LogP contribution in [0.5, 0.6) is 0 Å². The van der Waals surface area contributed by atoms with Gasteiger partial charge in [-0.25, -0.2) is 4.57 Å². The van der Waals surface area contributed by atoms with E-state index in [1.807, 2.05) is 0 Å². The average molecular weight is 307 g/mol. The molecule has 23 heavy (non-hydrogen) atoms. The zero-order valence-electron chi connectivity index (χ0n) is 15.1. The Hall–Kier alpha value is -2.09. The lowest BCUT2D eigenvalue weighted by atomic mass is 9.89. The molecule has 0 saturated heterocycles. The Bertz CT molecular complexity index is 720. The predicted molar refractivity (Wildman–Crippen MR) is 93.9 cm³/mol. The van der Waals surface area contributed by atoms with Gasteiger partial charge in [0.05, 0.1) is 5.92 Å². The Morgan fingerprint density at radius 3 is 2.30 bits per heavy atom. The van der Waals surface area contributed by atoms with Crippen molar-refractivity contribution in [2.45, 2.75) is 41.5 Å². The van der Waals surface area contributed by atoms with Crippen LogP contribution in [0.25, 0.3) is 5.70 Å². The quantitative estimate of drug-likeness (QED) is 0.578. The Balaban J connectivity index is 1.96. The summed E-state index contributed by atoms with van der Waals surface area (Å²) < 4.78 is 4.49. The molecule has 0 spiro atoms. The van der Waals surface area contributed by atoms with Crippen LogP contribution >= 0.6 is 0 Å². The normalized spacial score (nSPS) is 22.6. The van der Waals surface area contributed by atoms with Crippen molar-refractivity contribution in [1.29, 1.82) is 0 Å². The van der Waals surface area contributed by atoms with E-state index in [-0.39, 0.29) is 0 Å². The van der Waals surface area contributed by atoms with Gasteiger partial charge in [-0.05, 0) is 40.2 Å². The standard InChI is InChI=1S/C21H27N2/c1-14-9-16(3)20(17(4)10-14)22-7-8-23(13-22)21-18(5)11-15(2)12-19(21)6/h7-15H,1-6H3/q+1. The summed E-state index contributed by atoms with van der Waals surface area (Å²) in [5.74, 6) is 1.04. The van der Waals surface area contributed by atoms with Crippen LogP contribution in [-0.2, 0) is 0 Å². The van der Waals surface area contributed by atoms with Gasteiger partial charge in [-0.15, -0.1) is 12.2 Å². The number of rotatable bonds is 2. The number of hydrogen-bond donors (Lipinski definition) is 0. The molecule has 1 aromatic heterocycles. The van der Waals surface area contributed by atoms with E-state index >= 15 is 0 Å². The van der Waals surface area contributed by atoms with E-state index in [0.29, 0.717) is 11.8 Å². The van der Waals surface area contributed by atoms with Crippen LogP contribution in [0.3, 0.4) is 0 Å². The van der Waals surface area contributed by atoms with Gasteiger partial charge in [0, 0.05) is 12.0 Å². The molecular formula is C21H27N2+. The first kappa shape index (κ1) is 15.8. The fourth-order valence-electron chi connectivity index (χ4n) is 4.05. The minimum atomic E-state index is 0.519. The predicted octanol–water partition coefficient (Wildman–Crippen LogP) is 3.93. The van der Waals surface area contributed by atoms with Crippen molar-refractivity contribution >= 4 is 5.70 Å². The number of imidazole rings is 1. The SMILES string of the molecule is CC1=CC(C)[CH+]C(C)=C1[n+]1c[n+]([C-]2C(C)=CC(C)C=C2C)c[cH-]1. The van der Waals surface area contributed by atoms with Crippen LogP contribution in [0.15, 0.2) is 59.2 Å². The third kappa shape index (κ3) is 2.90. The number of hydrogen-bond acceptors (Lipinski definition) is 0. The van der Waals surface area contributed by atoms with E-state index < -0.39 is 0 Å². The summed E-state index contributed by atoms with van der Waals surface area (Å²) >= 11 is 0. The van der Waals surface area contributed by atoms with Crippen molar-refractivity contribution < 1.29 is 9.13 Å². The van der Waals surface area contributed by atoms with E-state index in [4.69, 9.17) is 0 Å². The Morgan fingerprint density at radius 2 is 1.70 bits per heavy atom. The van der Waals surface area contributed by atoms with Gasteiger partial charge < -0.3 is 0 Å². The molecule has 2 aliphatic rings. The molecule has 1 unspecified atom stereocenters. The minimum Gasteiger partial charge on any atom is -0.271 e. The number of nitrogens with zero attached hydrogens (tertiary/aromatic N) is 2. The van der Waals surface area contributed by atoms with E-state index in [0.717, 1.165) is 0 Å². The highest BCUT2D eigenvalue weighted by molar-refractivity contribution is 5.63. The Labute approximate surface area is 140 Å². The summed E-state index contributed by atoms with van der Waals surface area (Å²) in [6.45, 7) is 13.3. The highest BCUT2D eigenvalue weighted by atomic mass is 15.1. The molecule has 0 aliphatic heterocycles. The highest BCUT2D eigenvalue weighted by Gasteiger charge is 2.26. The van der Waals surface area contributed by atoms with E-state index in [9.17, 15) is 0 Å². The Kier molecular flexibility index (Phi) is 4.01. The molecule has 1 aromatic rings. The molecule has 0 radical (unpaired) electrons. The largest absolute Gasteiger partial charge is 0.301 e. The summed E-state index contributed by atoms with van der Waals surface area (Å²) in [4.78, 5) is 0. The molecule has 0 amide bonds. The maximum atomic E-state index is 2.33. The molecule has 0 fully saturated rings. The second kappa shape index (κ2) is 5.84. The number of aromatic nitrogens is 2. The summed E-state index contributed by atoms with van der Waals surface area (Å²) in [7, 11) is 0. The van der Waals surface area contributed by atoms with Crippen molar-refractivity contribution in [1.82, 2.24) is 0 Å². The molecular weight excluding hydrogens is 280 g/mol. The van der Waals surface area contributed by atoms with Crippen molar-refractivity contribution in [3.8, 4) is 0 Å². The number of allylic oxidation sites excluding steroid dienone is 8. The molecule has 2 heteroatoms. The fourth-order valence-corrected chi connectivity index (χ4v) is 4.05. The third-order valence-corrected chi connectivity index (χ3v) is 4.70. The van der Waals surface area contributed by atoms with Crippen molar-refractivity contribution in [2.75, 3.05) is 0 Å². The van der Waals surface area contributed by atoms with Crippen molar-refractivity contribution in [2.24, 2.45) is 11.8 Å². The maximum Gasteiger partial charge on any atom is 0.301 e. The van der Waals surface area contributed by atoms with Crippen LogP contribution in [0.1, 0.15) is 41.5 Å². The smallest absolute Gasteiger partial charge is 0.271 e. The molecule has 0 bridgehead atoms. The van der Waals surface area contributed by atoms with Gasteiger partial charge in [0.25, 0.3) is 0 Å². The summed E-state index contributed by atoms with van der Waals surface area (Å²) in [6, 6.07) is 1.30. The van der Waals surface area contributed by atoms with Crippen LogP contribution in [-0.4, -0.2) is 0 Å². The second-order valence-electron chi connectivity index (χ2n) is 7.04. The van der Waals surface area contributed by atoms with Gasteiger partial charge in [0.1, 0.15) is 24.1 Å². The van der Waals surface area contributed by atoms with Crippen molar-refractivity contribution in [3.05, 3.63) is 71.7 Å². The minimum absolute atomic E-state index is 0.519. The van der Waals surface area contributed by atoms with Gasteiger partial charge in [-0.2, -0.15) is 0 Å². The molecule has 3 rings (SSSR count). The van der Waals surface area contributed by atoms with Crippen LogP contribution in [0.4, 0.5) is 0 Å². The fraction of sp³-hybridized carbons (Fsp3) is 0.381. The lowest BCUT2D eigenvalue weighted by Crippen LogP contribution is -2.44. The van der Waals surface area contributed by atoms with Crippen molar-refractivity contribution in [3.63, 3.8) is 0 Å². The van der Waals surface area contributed by atoms with Gasteiger partial charge in [-0.1, -0.05) is 30.1 Å². The van der Waals surface area contributed by atoms with Gasteiger partial charge >= 0.3 is 6.33 Å². The monoisotopic (exact) mass is 307 g/mol. The molecule has 0 saturated carbocycles. The highest BCUT2D eigenvalue weighted by Crippen LogP contribution is 2.29. The lowest BCUT2D eigenvalue weighted by molar-refractivity contribution is -0.722. The molecule has 0 N–H and O–H groups in total. The van der Waals surface area contributed by atoms with Crippen LogP contribution in [0.2, 0.25) is 0 Å². The zero-order valence-corrected chi connectivity index (χ0v) is 15.1. The first-order chi connectivity index (χ1) is 10.9. The average Bonchev–Trinajstić information content (AvgIpc) is 2.85. The van der Waals surface area contributed by atoms with Crippen LogP contribution < -0.4 is 9.13 Å². The zero-order chi connectivity index (χ0) is 16.7. The van der Waals surface area contributed by atoms with E-state index in [1.54, 1.807) is 0 Å². The van der Waals surface area contributed by atoms with Crippen LogP contribution in [0, 0.1) is 24.3 Å². The van der Waals surface area contributed by atoms with E-state index in [2.05, 4.69) is 94.0 Å². The molecule has 2 aliphatic carbocycles. The third-order valence-electron chi connectivity index (χ3n) is 4.70. The summed E-state index contributed by atoms with van der Waals surface area (Å²) in [6.07, 6.45) is 15.8. The maximum absolute atomic E-state index is 2.33. The first-order valence-corrected chi connectivity index (χ1v) is 8.46. The van der Waals surface area contributed by atoms with Gasteiger partial charge in [0.15, 0.2) is 0 Å². The second-order valence-corrected chi connectivity index (χ2v) is 7.04. The molecule has 1 atom stereocenters. The molecule has 1 heterocycles. The lowest BCUT2D eigenvalue weighted by Gasteiger charge is -2.24. The molecule has 0 aromatic carbocycles.